The lowest BCUT2D eigenvalue weighted by Crippen LogP contribution is -2.39. The van der Waals surface area contributed by atoms with E-state index >= 15 is 0 Å². The molecule has 25 heavy (non-hydrogen) atoms. The largest absolute Gasteiger partial charge is 0.394 e. The zero-order valence-corrected chi connectivity index (χ0v) is 13.4. The van der Waals surface area contributed by atoms with Crippen molar-refractivity contribution in [1.82, 2.24) is 10.3 Å². The second kappa shape index (κ2) is 7.53. The Bertz CT molecular complexity index is 943. The molecular formula is C18H17N5O2. The van der Waals surface area contributed by atoms with Gasteiger partial charge in [-0.2, -0.15) is 0 Å². The summed E-state index contributed by atoms with van der Waals surface area (Å²) < 4.78 is 0. The van der Waals surface area contributed by atoms with Crippen molar-refractivity contribution in [2.45, 2.75) is 12.5 Å². The molecule has 1 amide bonds. The first kappa shape index (κ1) is 16.6. The molecule has 0 fully saturated rings. The molecule has 0 aliphatic rings. The Morgan fingerprint density at radius 1 is 1.24 bits per heavy atom. The number of carbonyl (C=O) groups is 1. The van der Waals surface area contributed by atoms with Gasteiger partial charge in [-0.05, 0) is 29.6 Å². The Kier molecular flexibility index (Phi) is 4.99. The molecule has 2 aromatic carbocycles. The molecule has 0 aliphatic carbocycles. The zero-order chi connectivity index (χ0) is 17.6. The van der Waals surface area contributed by atoms with Gasteiger partial charge in [-0.1, -0.05) is 41.5 Å². The number of nitrogens with one attached hydrogen (secondary N) is 2. The van der Waals surface area contributed by atoms with Crippen LogP contribution in [0.3, 0.4) is 0 Å². The molecule has 0 bridgehead atoms. The highest BCUT2D eigenvalue weighted by atomic mass is 16.3. The van der Waals surface area contributed by atoms with Crippen LogP contribution >= 0.6 is 0 Å². The normalized spacial score (nSPS) is 11.7. The molecular weight excluding hydrogens is 318 g/mol. The number of hydrogen-bond acceptors (Lipinski definition) is 3. The Balaban J connectivity index is 1.78. The summed E-state index contributed by atoms with van der Waals surface area (Å²) in [6, 6.07) is 13.9. The number of carbonyl (C=O) groups excluding carboxylic acids is 1. The summed E-state index contributed by atoms with van der Waals surface area (Å²) in [6.45, 7) is -0.199. The molecule has 1 aromatic heterocycles. The van der Waals surface area contributed by atoms with Crippen LogP contribution < -0.4 is 5.32 Å². The third-order valence-corrected chi connectivity index (χ3v) is 4.00. The van der Waals surface area contributed by atoms with Gasteiger partial charge >= 0.3 is 0 Å². The lowest BCUT2D eigenvalue weighted by atomic mass is 10.0. The van der Waals surface area contributed by atoms with Crippen molar-refractivity contribution in [3.63, 3.8) is 0 Å². The number of aliphatic hydroxyl groups is 1. The molecule has 7 heteroatoms. The summed E-state index contributed by atoms with van der Waals surface area (Å²) in [7, 11) is 0. The van der Waals surface area contributed by atoms with Crippen LogP contribution in [-0.4, -0.2) is 28.6 Å². The fraction of sp³-hybridized carbons (Fsp3) is 0.167. The van der Waals surface area contributed by atoms with Crippen LogP contribution in [0.4, 0.5) is 5.69 Å². The van der Waals surface area contributed by atoms with Crippen LogP contribution in [0.2, 0.25) is 0 Å². The minimum absolute atomic E-state index is 0.199. The van der Waals surface area contributed by atoms with E-state index in [1.807, 2.05) is 30.5 Å². The maximum atomic E-state index is 12.5. The minimum Gasteiger partial charge on any atom is -0.394 e. The maximum Gasteiger partial charge on any atom is 0.252 e. The summed E-state index contributed by atoms with van der Waals surface area (Å²) in [5.41, 5.74) is 11.2. The number of H-pyrrole nitrogens is 1. The van der Waals surface area contributed by atoms with E-state index in [2.05, 4.69) is 20.3 Å². The second-order valence-electron chi connectivity index (χ2n) is 5.62. The van der Waals surface area contributed by atoms with E-state index in [0.717, 1.165) is 16.5 Å². The number of aromatic amines is 1. The number of benzene rings is 2. The van der Waals surface area contributed by atoms with Gasteiger partial charge in [0.15, 0.2) is 0 Å². The molecule has 0 saturated heterocycles. The highest BCUT2D eigenvalue weighted by Gasteiger charge is 2.17. The second-order valence-corrected chi connectivity index (χ2v) is 5.62. The number of amides is 1. The molecule has 1 atom stereocenters. The zero-order valence-electron chi connectivity index (χ0n) is 13.4. The van der Waals surface area contributed by atoms with Crippen LogP contribution in [-0.2, 0) is 6.42 Å². The molecule has 0 saturated carbocycles. The predicted molar refractivity (Wildman–Crippen MR) is 95.6 cm³/mol. The molecule has 126 valence electrons. The van der Waals surface area contributed by atoms with Crippen molar-refractivity contribution in [3.8, 4) is 0 Å². The quantitative estimate of drug-likeness (QED) is 0.364. The minimum atomic E-state index is -0.453. The lowest BCUT2D eigenvalue weighted by molar-refractivity contribution is 0.0917. The lowest BCUT2D eigenvalue weighted by Gasteiger charge is -2.16. The van der Waals surface area contributed by atoms with Gasteiger partial charge in [0.1, 0.15) is 0 Å². The first-order chi connectivity index (χ1) is 12.2. The molecule has 1 heterocycles. The number of rotatable bonds is 6. The fourth-order valence-electron chi connectivity index (χ4n) is 2.79. The molecule has 3 rings (SSSR count). The van der Waals surface area contributed by atoms with Crippen molar-refractivity contribution in [3.05, 3.63) is 76.3 Å². The third kappa shape index (κ3) is 3.63. The van der Waals surface area contributed by atoms with E-state index in [9.17, 15) is 9.90 Å². The van der Waals surface area contributed by atoms with Gasteiger partial charge < -0.3 is 15.4 Å². The van der Waals surface area contributed by atoms with Crippen molar-refractivity contribution < 1.29 is 9.90 Å². The van der Waals surface area contributed by atoms with Crippen molar-refractivity contribution in [2.24, 2.45) is 5.11 Å². The molecule has 0 radical (unpaired) electrons. The first-order valence-corrected chi connectivity index (χ1v) is 7.83. The highest BCUT2D eigenvalue weighted by molar-refractivity contribution is 5.99. The summed E-state index contributed by atoms with van der Waals surface area (Å²) in [5, 5.41) is 17.0. The van der Waals surface area contributed by atoms with Crippen molar-refractivity contribution in [2.75, 3.05) is 6.61 Å². The number of hydrogen-bond donors (Lipinski definition) is 3. The Morgan fingerprint density at radius 2 is 2.00 bits per heavy atom. The predicted octanol–water partition coefficient (Wildman–Crippen LogP) is 3.44. The van der Waals surface area contributed by atoms with E-state index in [0.29, 0.717) is 6.42 Å². The molecule has 7 nitrogen and oxygen atoms in total. The van der Waals surface area contributed by atoms with E-state index in [4.69, 9.17) is 5.53 Å². The van der Waals surface area contributed by atoms with Crippen LogP contribution in [0.5, 0.6) is 0 Å². The smallest absolute Gasteiger partial charge is 0.252 e. The van der Waals surface area contributed by atoms with Gasteiger partial charge in [-0.15, -0.1) is 0 Å². The van der Waals surface area contributed by atoms with Gasteiger partial charge in [0.05, 0.1) is 18.3 Å². The summed E-state index contributed by atoms with van der Waals surface area (Å²) >= 11 is 0. The number of azide groups is 1. The van der Waals surface area contributed by atoms with E-state index in [1.54, 1.807) is 24.3 Å². The van der Waals surface area contributed by atoms with E-state index < -0.39 is 6.04 Å². The summed E-state index contributed by atoms with van der Waals surface area (Å²) in [5.74, 6) is -0.387. The first-order valence-electron chi connectivity index (χ1n) is 7.83. The Hall–Kier alpha value is -3.28. The molecule has 0 spiro atoms. The third-order valence-electron chi connectivity index (χ3n) is 4.00. The van der Waals surface area contributed by atoms with Crippen LogP contribution in [0.15, 0.2) is 59.8 Å². The molecule has 0 aliphatic heterocycles. The monoisotopic (exact) mass is 335 g/mol. The van der Waals surface area contributed by atoms with E-state index in [1.165, 1.54) is 0 Å². The summed E-state index contributed by atoms with van der Waals surface area (Å²) in [4.78, 5) is 18.4. The molecule has 3 aromatic rings. The van der Waals surface area contributed by atoms with Crippen LogP contribution in [0.25, 0.3) is 21.3 Å². The molecule has 0 unspecified atom stereocenters. The SMILES string of the molecule is [N-]=[N+]=Nc1ccccc1C(=O)N[C@H](CO)Cc1c[nH]c2ccccc12. The number of fused-ring (bicyclic) bond motifs is 1. The van der Waals surface area contributed by atoms with Crippen LogP contribution in [0.1, 0.15) is 15.9 Å². The number of nitrogens with zero attached hydrogens (tertiary/aromatic N) is 3. The number of para-hydroxylation sites is 1. The average molecular weight is 335 g/mol. The highest BCUT2D eigenvalue weighted by Crippen LogP contribution is 2.21. The van der Waals surface area contributed by atoms with Gasteiger partial charge in [0, 0.05) is 27.6 Å². The van der Waals surface area contributed by atoms with Gasteiger partial charge in [-0.25, -0.2) is 0 Å². The number of aromatic nitrogens is 1. The topological polar surface area (TPSA) is 114 Å². The standard InChI is InChI=1S/C18H17N5O2/c19-23-22-17-8-4-2-6-15(17)18(25)21-13(11-24)9-12-10-20-16-7-3-1-5-14(12)16/h1-8,10,13,20,24H,9,11H2,(H,21,25)/t13-/m0/s1. The fourth-order valence-corrected chi connectivity index (χ4v) is 2.79. The van der Waals surface area contributed by atoms with Crippen molar-refractivity contribution in [1.29, 1.82) is 0 Å². The Labute approximate surface area is 143 Å². The van der Waals surface area contributed by atoms with Gasteiger partial charge in [0.2, 0.25) is 0 Å². The van der Waals surface area contributed by atoms with Gasteiger partial charge in [0.25, 0.3) is 5.91 Å². The summed E-state index contributed by atoms with van der Waals surface area (Å²) in [6.07, 6.45) is 2.36. The van der Waals surface area contributed by atoms with E-state index in [-0.39, 0.29) is 23.8 Å². The molecule has 3 N–H and O–H groups in total. The van der Waals surface area contributed by atoms with Crippen LogP contribution in [0, 0.1) is 0 Å². The number of aliphatic hydroxyl groups excluding tert-OH is 1. The Morgan fingerprint density at radius 3 is 2.80 bits per heavy atom. The van der Waals surface area contributed by atoms with Gasteiger partial charge in [-0.3, -0.25) is 4.79 Å². The maximum absolute atomic E-state index is 12.5. The van der Waals surface area contributed by atoms with Crippen molar-refractivity contribution >= 4 is 22.5 Å². The average Bonchev–Trinajstić information content (AvgIpc) is 3.05.